The molecule has 0 aliphatic heterocycles. The van der Waals surface area contributed by atoms with Crippen LogP contribution in [0.1, 0.15) is 26.3 Å². The molecular weight excluding hydrogens is 585 g/mol. The minimum absolute atomic E-state index is 0.0553. The number of hydrogen-bond acceptors (Lipinski definition) is 6. The van der Waals surface area contributed by atoms with Gasteiger partial charge in [0.15, 0.2) is 11.5 Å². The molecule has 1 atom stereocenters. The van der Waals surface area contributed by atoms with Crippen molar-refractivity contribution in [1.29, 1.82) is 0 Å². The molecule has 3 aromatic carbocycles. The predicted molar refractivity (Wildman–Crippen MR) is 160 cm³/mol. The quantitative estimate of drug-likeness (QED) is 0.292. The van der Waals surface area contributed by atoms with E-state index in [1.807, 2.05) is 13.8 Å². The number of benzene rings is 3. The van der Waals surface area contributed by atoms with E-state index in [1.54, 1.807) is 6.92 Å². The van der Waals surface area contributed by atoms with Gasteiger partial charge in [-0.2, -0.15) is 0 Å². The van der Waals surface area contributed by atoms with Crippen LogP contribution in [-0.2, 0) is 26.2 Å². The zero-order chi connectivity index (χ0) is 31.0. The molecule has 1 N–H and O–H groups in total. The summed E-state index contributed by atoms with van der Waals surface area (Å²) in [6.45, 7) is 5.14. The average molecular weight is 620 g/mol. The molecule has 0 aliphatic rings. The molecule has 0 saturated carbocycles. The smallest absolute Gasteiger partial charge is 0.264 e. The number of carbonyl (C=O) groups is 2. The molecule has 2 amide bonds. The molecule has 0 spiro atoms. The molecule has 9 nitrogen and oxygen atoms in total. The van der Waals surface area contributed by atoms with Crippen LogP contribution >= 0.6 is 11.6 Å². The average Bonchev–Trinajstić information content (AvgIpc) is 2.97. The van der Waals surface area contributed by atoms with Crippen molar-refractivity contribution in [3.8, 4) is 11.5 Å². The number of ether oxygens (including phenoxy) is 2. The molecule has 3 rings (SSSR count). The highest BCUT2D eigenvalue weighted by molar-refractivity contribution is 7.92. The van der Waals surface area contributed by atoms with E-state index in [0.717, 1.165) is 4.31 Å². The van der Waals surface area contributed by atoms with Crippen LogP contribution in [0.3, 0.4) is 0 Å². The number of sulfonamides is 1. The van der Waals surface area contributed by atoms with Gasteiger partial charge in [0.05, 0.1) is 24.8 Å². The molecule has 0 aromatic heterocycles. The lowest BCUT2D eigenvalue weighted by atomic mass is 10.1. The number of carbonyl (C=O) groups excluding carboxylic acids is 2. The number of rotatable bonds is 13. The first-order valence-corrected chi connectivity index (χ1v) is 15.0. The predicted octanol–water partition coefficient (Wildman–Crippen LogP) is 4.88. The molecule has 0 bridgehead atoms. The molecule has 0 aliphatic carbocycles. The highest BCUT2D eigenvalue weighted by atomic mass is 35.5. The van der Waals surface area contributed by atoms with E-state index in [9.17, 15) is 22.4 Å². The van der Waals surface area contributed by atoms with Crippen molar-refractivity contribution in [2.24, 2.45) is 5.92 Å². The second-order valence-corrected chi connectivity index (χ2v) is 12.3. The fourth-order valence-electron chi connectivity index (χ4n) is 4.06. The van der Waals surface area contributed by atoms with E-state index in [2.05, 4.69) is 5.32 Å². The lowest BCUT2D eigenvalue weighted by Gasteiger charge is -2.32. The highest BCUT2D eigenvalue weighted by Crippen LogP contribution is 2.32. The summed E-state index contributed by atoms with van der Waals surface area (Å²) in [5, 5.41) is 3.19. The molecular formula is C30H35ClFN3O6S. The van der Waals surface area contributed by atoms with Crippen LogP contribution in [0.2, 0.25) is 5.02 Å². The maximum Gasteiger partial charge on any atom is 0.264 e. The number of nitrogens with zero attached hydrogens (tertiary/aromatic N) is 2. The van der Waals surface area contributed by atoms with Gasteiger partial charge >= 0.3 is 0 Å². The highest BCUT2D eigenvalue weighted by Gasteiger charge is 2.33. The Morgan fingerprint density at radius 1 is 0.929 bits per heavy atom. The maximum absolute atomic E-state index is 14.0. The van der Waals surface area contributed by atoms with Gasteiger partial charge in [0.1, 0.15) is 18.4 Å². The van der Waals surface area contributed by atoms with Gasteiger partial charge in [0.25, 0.3) is 10.0 Å². The van der Waals surface area contributed by atoms with Gasteiger partial charge < -0.3 is 19.7 Å². The second kappa shape index (κ2) is 14.4. The zero-order valence-electron chi connectivity index (χ0n) is 24.1. The molecule has 42 heavy (non-hydrogen) atoms. The van der Waals surface area contributed by atoms with Gasteiger partial charge in [0.2, 0.25) is 11.8 Å². The molecule has 3 aromatic rings. The summed E-state index contributed by atoms with van der Waals surface area (Å²) in [6, 6.07) is 14.7. The summed E-state index contributed by atoms with van der Waals surface area (Å²) >= 11 is 6.06. The Bertz CT molecular complexity index is 1480. The van der Waals surface area contributed by atoms with Crippen LogP contribution in [-0.4, -0.2) is 58.5 Å². The monoisotopic (exact) mass is 619 g/mol. The van der Waals surface area contributed by atoms with Crippen LogP contribution < -0.4 is 19.1 Å². The van der Waals surface area contributed by atoms with Crippen LogP contribution in [0.25, 0.3) is 0 Å². The standard InChI is InChI=1S/C30H35ClFN3O6S/c1-20(2)17-33-30(37)21(3)34(18-22-6-10-24(32)11-7-22)29(36)19-35(25-12-8-23(31)9-13-25)42(38,39)26-14-15-27(40-4)28(16-26)41-5/h6-16,20-21H,17-19H2,1-5H3,(H,33,37). The Kier molecular flexibility index (Phi) is 11.2. The SMILES string of the molecule is COc1ccc(S(=O)(=O)N(CC(=O)N(Cc2ccc(F)cc2)C(C)C(=O)NCC(C)C)c2ccc(Cl)cc2)cc1OC. The van der Waals surface area contributed by atoms with Crippen molar-refractivity contribution in [3.63, 3.8) is 0 Å². The third-order valence-electron chi connectivity index (χ3n) is 6.45. The Morgan fingerprint density at radius 3 is 2.12 bits per heavy atom. The van der Waals surface area contributed by atoms with E-state index in [4.69, 9.17) is 21.1 Å². The van der Waals surface area contributed by atoms with E-state index in [1.165, 1.54) is 85.8 Å². The molecule has 0 heterocycles. The Labute approximate surface area is 251 Å². The third kappa shape index (κ3) is 8.13. The first-order valence-electron chi connectivity index (χ1n) is 13.2. The number of anilines is 1. The molecule has 0 fully saturated rings. The van der Waals surface area contributed by atoms with Crippen molar-refractivity contribution in [3.05, 3.63) is 83.1 Å². The molecule has 226 valence electrons. The lowest BCUT2D eigenvalue weighted by molar-refractivity contribution is -0.139. The van der Waals surface area contributed by atoms with Crippen molar-refractivity contribution >= 4 is 39.1 Å². The number of methoxy groups -OCH3 is 2. The maximum atomic E-state index is 14.0. The first kappa shape index (κ1) is 32.7. The van der Waals surface area contributed by atoms with Crippen molar-refractivity contribution in [2.45, 2.75) is 38.3 Å². The van der Waals surface area contributed by atoms with Gasteiger partial charge in [0, 0.05) is 24.2 Å². The summed E-state index contributed by atoms with van der Waals surface area (Å²) < 4.78 is 53.1. The summed E-state index contributed by atoms with van der Waals surface area (Å²) in [7, 11) is -1.53. The van der Waals surface area contributed by atoms with E-state index >= 15 is 0 Å². The van der Waals surface area contributed by atoms with Crippen molar-refractivity contribution in [1.82, 2.24) is 10.2 Å². The topological polar surface area (TPSA) is 105 Å². The van der Waals surface area contributed by atoms with Crippen LogP contribution in [0.5, 0.6) is 11.5 Å². The Morgan fingerprint density at radius 2 is 1.55 bits per heavy atom. The van der Waals surface area contributed by atoms with Gasteiger partial charge in [-0.05, 0) is 66.9 Å². The number of halogens is 2. The Balaban J connectivity index is 2.04. The number of nitrogens with one attached hydrogen (secondary N) is 1. The third-order valence-corrected chi connectivity index (χ3v) is 8.48. The molecule has 1 unspecified atom stereocenters. The summed E-state index contributed by atoms with van der Waals surface area (Å²) in [6.07, 6.45) is 0. The van der Waals surface area contributed by atoms with Gasteiger partial charge in [-0.3, -0.25) is 13.9 Å². The van der Waals surface area contributed by atoms with E-state index < -0.39 is 40.2 Å². The normalized spacial score (nSPS) is 12.0. The summed E-state index contributed by atoms with van der Waals surface area (Å²) in [4.78, 5) is 28.1. The van der Waals surface area contributed by atoms with Gasteiger partial charge in [-0.15, -0.1) is 0 Å². The molecule has 0 radical (unpaired) electrons. The number of hydrogen-bond donors (Lipinski definition) is 1. The fraction of sp³-hybridized carbons (Fsp3) is 0.333. The van der Waals surface area contributed by atoms with Crippen LogP contribution in [0.15, 0.2) is 71.6 Å². The Hall–Kier alpha value is -3.83. The minimum atomic E-state index is -4.34. The summed E-state index contributed by atoms with van der Waals surface area (Å²) in [5.74, 6) is -0.805. The van der Waals surface area contributed by atoms with E-state index in [0.29, 0.717) is 22.9 Å². The molecule has 0 saturated heterocycles. The molecule has 12 heteroatoms. The van der Waals surface area contributed by atoms with E-state index in [-0.39, 0.29) is 28.8 Å². The van der Waals surface area contributed by atoms with Gasteiger partial charge in [-0.1, -0.05) is 37.6 Å². The first-order chi connectivity index (χ1) is 19.9. The minimum Gasteiger partial charge on any atom is -0.493 e. The van der Waals surface area contributed by atoms with Crippen molar-refractivity contribution in [2.75, 3.05) is 31.6 Å². The summed E-state index contributed by atoms with van der Waals surface area (Å²) in [5.41, 5.74) is 0.746. The zero-order valence-corrected chi connectivity index (χ0v) is 25.7. The fourth-order valence-corrected chi connectivity index (χ4v) is 5.62. The largest absolute Gasteiger partial charge is 0.493 e. The van der Waals surface area contributed by atoms with Crippen molar-refractivity contribution < 1.29 is 31.9 Å². The van der Waals surface area contributed by atoms with Crippen LogP contribution in [0, 0.1) is 11.7 Å². The lowest BCUT2D eigenvalue weighted by Crippen LogP contribution is -2.51. The van der Waals surface area contributed by atoms with Gasteiger partial charge in [-0.25, -0.2) is 12.8 Å². The second-order valence-electron chi connectivity index (χ2n) is 9.97. The number of amides is 2. The van der Waals surface area contributed by atoms with Crippen LogP contribution in [0.4, 0.5) is 10.1 Å².